The zero-order valence-electron chi connectivity index (χ0n) is 11.9. The fraction of sp³-hybridized carbons (Fsp3) is 0.111. The van der Waals surface area contributed by atoms with Crippen molar-refractivity contribution in [3.63, 3.8) is 0 Å². The number of pyridine rings is 1. The molecule has 0 aliphatic carbocycles. The summed E-state index contributed by atoms with van der Waals surface area (Å²) >= 11 is 0. The van der Waals surface area contributed by atoms with E-state index < -0.39 is 5.91 Å². The molecule has 0 atom stereocenters. The van der Waals surface area contributed by atoms with Gasteiger partial charge in [0, 0.05) is 18.6 Å². The third kappa shape index (κ3) is 2.63. The normalized spacial score (nSPS) is 10.7. The number of aryl methyl sites for hydroxylation is 1. The van der Waals surface area contributed by atoms with Crippen molar-refractivity contribution in [1.29, 1.82) is 0 Å². The minimum Gasteiger partial charge on any atom is -0.365 e. The van der Waals surface area contributed by atoms with Crippen LogP contribution in [0.5, 0.6) is 0 Å². The number of carbonyl (C=O) groups excluding carboxylic acids is 1. The van der Waals surface area contributed by atoms with Crippen molar-refractivity contribution in [2.45, 2.75) is 13.5 Å². The Hall–Kier alpha value is -2.68. The van der Waals surface area contributed by atoms with E-state index in [4.69, 9.17) is 5.73 Å². The van der Waals surface area contributed by atoms with Crippen LogP contribution in [-0.2, 0) is 6.54 Å². The quantitative estimate of drug-likeness (QED) is 0.735. The van der Waals surface area contributed by atoms with Gasteiger partial charge in [-0.05, 0) is 16.8 Å². The second-order valence-electron chi connectivity index (χ2n) is 5.19. The van der Waals surface area contributed by atoms with Gasteiger partial charge in [-0.1, -0.05) is 42.5 Å². The number of nitrogens with zero attached hydrogens (tertiary/aromatic N) is 1. The first-order valence-electron chi connectivity index (χ1n) is 6.92. The lowest BCUT2D eigenvalue weighted by molar-refractivity contribution is -0.694. The van der Waals surface area contributed by atoms with Crippen LogP contribution in [-0.4, -0.2) is 5.91 Å². The van der Waals surface area contributed by atoms with Crippen molar-refractivity contribution in [2.75, 3.05) is 0 Å². The van der Waals surface area contributed by atoms with E-state index in [9.17, 15) is 4.79 Å². The molecule has 1 aromatic heterocycles. The molecule has 0 spiro atoms. The minimum absolute atomic E-state index is 0.401. The Bertz CT molecular complexity index is 819. The molecule has 104 valence electrons. The molecule has 0 unspecified atom stereocenters. The molecule has 0 radical (unpaired) electrons. The molecule has 3 aromatic rings. The van der Waals surface area contributed by atoms with E-state index in [1.54, 1.807) is 6.07 Å². The Balaban J connectivity index is 2.06. The van der Waals surface area contributed by atoms with E-state index in [1.165, 1.54) is 16.3 Å². The summed E-state index contributed by atoms with van der Waals surface area (Å²) in [7, 11) is 0. The van der Waals surface area contributed by atoms with Crippen LogP contribution < -0.4 is 10.3 Å². The van der Waals surface area contributed by atoms with E-state index in [0.29, 0.717) is 12.1 Å². The number of nitrogens with two attached hydrogens (primary N) is 1. The zero-order valence-corrected chi connectivity index (χ0v) is 11.9. The van der Waals surface area contributed by atoms with E-state index in [0.717, 1.165) is 5.69 Å². The van der Waals surface area contributed by atoms with E-state index in [1.807, 2.05) is 31.3 Å². The van der Waals surface area contributed by atoms with Gasteiger partial charge in [-0.25, -0.2) is 0 Å². The van der Waals surface area contributed by atoms with Crippen LogP contribution in [0, 0.1) is 6.92 Å². The standard InChI is InChI=1S/C18H16N2O/c1-13-9-10-16(18(19)21)12-20(13)11-15-7-4-6-14-5-2-3-8-17(14)15/h2-10,12H,11H2,1H3,(H-,19,21)/p+1. The van der Waals surface area contributed by atoms with Gasteiger partial charge in [0.05, 0.1) is 0 Å². The Morgan fingerprint density at radius 1 is 1.05 bits per heavy atom. The maximum atomic E-state index is 11.3. The van der Waals surface area contributed by atoms with Gasteiger partial charge in [-0.3, -0.25) is 4.79 Å². The maximum absolute atomic E-state index is 11.3. The zero-order chi connectivity index (χ0) is 14.8. The Labute approximate surface area is 123 Å². The number of aromatic nitrogens is 1. The van der Waals surface area contributed by atoms with Crippen LogP contribution in [0.3, 0.4) is 0 Å². The van der Waals surface area contributed by atoms with Gasteiger partial charge in [0.2, 0.25) is 0 Å². The molecule has 0 saturated heterocycles. The predicted molar refractivity (Wildman–Crippen MR) is 82.9 cm³/mol. The highest BCUT2D eigenvalue weighted by Crippen LogP contribution is 2.18. The molecule has 3 nitrogen and oxygen atoms in total. The van der Waals surface area contributed by atoms with Gasteiger partial charge in [0.25, 0.3) is 5.91 Å². The topological polar surface area (TPSA) is 47.0 Å². The van der Waals surface area contributed by atoms with Crippen molar-refractivity contribution < 1.29 is 9.36 Å². The van der Waals surface area contributed by atoms with E-state index >= 15 is 0 Å². The smallest absolute Gasteiger partial charge is 0.254 e. The van der Waals surface area contributed by atoms with Gasteiger partial charge in [-0.15, -0.1) is 0 Å². The Morgan fingerprint density at radius 2 is 1.81 bits per heavy atom. The molecule has 21 heavy (non-hydrogen) atoms. The fourth-order valence-electron chi connectivity index (χ4n) is 2.55. The highest BCUT2D eigenvalue weighted by atomic mass is 16.1. The summed E-state index contributed by atoms with van der Waals surface area (Å²) in [5, 5.41) is 2.45. The van der Waals surface area contributed by atoms with Crippen LogP contribution in [0.1, 0.15) is 21.6 Å². The fourth-order valence-corrected chi connectivity index (χ4v) is 2.55. The van der Waals surface area contributed by atoms with E-state index in [-0.39, 0.29) is 0 Å². The number of primary amides is 1. The molecule has 3 rings (SSSR count). The molecule has 2 aromatic carbocycles. The number of carbonyl (C=O) groups is 1. The average Bonchev–Trinajstić information content (AvgIpc) is 2.49. The Morgan fingerprint density at radius 3 is 2.62 bits per heavy atom. The summed E-state index contributed by atoms with van der Waals surface area (Å²) in [5.41, 5.74) is 8.21. The van der Waals surface area contributed by atoms with Crippen LogP contribution in [0.15, 0.2) is 60.8 Å². The first-order valence-corrected chi connectivity index (χ1v) is 6.92. The molecule has 0 aliphatic rings. The highest BCUT2D eigenvalue weighted by molar-refractivity contribution is 5.92. The predicted octanol–water partition coefficient (Wildman–Crippen LogP) is 2.58. The van der Waals surface area contributed by atoms with E-state index in [2.05, 4.69) is 34.9 Å². The van der Waals surface area contributed by atoms with Crippen molar-refractivity contribution in [3.05, 3.63) is 77.6 Å². The molecular weight excluding hydrogens is 260 g/mol. The summed E-state index contributed by atoms with van der Waals surface area (Å²) in [5.74, 6) is -0.401. The second-order valence-corrected chi connectivity index (χ2v) is 5.19. The lowest BCUT2D eigenvalue weighted by atomic mass is 10.0. The number of benzene rings is 2. The number of amides is 1. The second kappa shape index (κ2) is 5.37. The summed E-state index contributed by atoms with van der Waals surface area (Å²) in [6.07, 6.45) is 1.82. The molecule has 3 heteroatoms. The monoisotopic (exact) mass is 277 g/mol. The molecular formula is C18H17N2O+. The molecule has 1 amide bonds. The van der Waals surface area contributed by atoms with Crippen molar-refractivity contribution in [2.24, 2.45) is 5.73 Å². The summed E-state index contributed by atoms with van der Waals surface area (Å²) in [4.78, 5) is 11.3. The number of hydrogen-bond acceptors (Lipinski definition) is 1. The SMILES string of the molecule is Cc1ccc(C(N)=O)c[n+]1Cc1cccc2ccccc12. The van der Waals surface area contributed by atoms with Crippen LogP contribution in [0.4, 0.5) is 0 Å². The van der Waals surface area contributed by atoms with Crippen LogP contribution >= 0.6 is 0 Å². The van der Waals surface area contributed by atoms with Gasteiger partial charge in [0.15, 0.2) is 18.4 Å². The average molecular weight is 277 g/mol. The third-order valence-corrected chi connectivity index (χ3v) is 3.76. The first kappa shape index (κ1) is 13.3. The van der Waals surface area contributed by atoms with Crippen LogP contribution in [0.2, 0.25) is 0 Å². The summed E-state index contributed by atoms with van der Waals surface area (Å²) in [6, 6.07) is 18.3. The molecule has 0 fully saturated rings. The van der Waals surface area contributed by atoms with Crippen LogP contribution in [0.25, 0.3) is 10.8 Å². The highest BCUT2D eigenvalue weighted by Gasteiger charge is 2.13. The third-order valence-electron chi connectivity index (χ3n) is 3.76. The number of hydrogen-bond donors (Lipinski definition) is 1. The van der Waals surface area contributed by atoms with Gasteiger partial charge in [0.1, 0.15) is 5.56 Å². The maximum Gasteiger partial charge on any atom is 0.254 e. The largest absolute Gasteiger partial charge is 0.365 e. The molecule has 0 bridgehead atoms. The first-order chi connectivity index (χ1) is 10.1. The molecule has 2 N–H and O–H groups in total. The van der Waals surface area contributed by atoms with Crippen molar-refractivity contribution >= 4 is 16.7 Å². The van der Waals surface area contributed by atoms with Crippen molar-refractivity contribution in [1.82, 2.24) is 0 Å². The van der Waals surface area contributed by atoms with Gasteiger partial charge < -0.3 is 5.73 Å². The molecule has 0 aliphatic heterocycles. The number of fused-ring (bicyclic) bond motifs is 1. The lowest BCUT2D eigenvalue weighted by Gasteiger charge is -2.06. The number of rotatable bonds is 3. The van der Waals surface area contributed by atoms with Gasteiger partial charge in [-0.2, -0.15) is 4.57 Å². The molecule has 0 saturated carbocycles. The minimum atomic E-state index is -0.401. The van der Waals surface area contributed by atoms with Gasteiger partial charge >= 0.3 is 0 Å². The molecule has 1 heterocycles. The van der Waals surface area contributed by atoms with Crippen molar-refractivity contribution in [3.8, 4) is 0 Å². The Kier molecular flexibility index (Phi) is 3.40. The summed E-state index contributed by atoms with van der Waals surface area (Å²) < 4.78 is 2.06. The lowest BCUT2D eigenvalue weighted by Crippen LogP contribution is -2.38. The summed E-state index contributed by atoms with van der Waals surface area (Å²) in [6.45, 7) is 2.74.